The molecule has 1 atom stereocenters. The summed E-state index contributed by atoms with van der Waals surface area (Å²) in [5, 5.41) is 2.92. The maximum absolute atomic E-state index is 13.3. The van der Waals surface area contributed by atoms with Gasteiger partial charge in [0.2, 0.25) is 5.91 Å². The molecule has 0 aliphatic carbocycles. The van der Waals surface area contributed by atoms with Gasteiger partial charge in [-0.1, -0.05) is 43.1 Å². The summed E-state index contributed by atoms with van der Waals surface area (Å²) in [4.78, 5) is 41.8. The van der Waals surface area contributed by atoms with Crippen molar-refractivity contribution in [3.8, 4) is 0 Å². The molecule has 0 radical (unpaired) electrons. The Hall–Kier alpha value is -2.93. The summed E-state index contributed by atoms with van der Waals surface area (Å²) in [6.07, 6.45) is 0. The number of aryl methyl sites for hydroxylation is 1. The molecule has 1 fully saturated rings. The van der Waals surface area contributed by atoms with Gasteiger partial charge in [0, 0.05) is 31.7 Å². The van der Waals surface area contributed by atoms with E-state index < -0.39 is 11.9 Å². The van der Waals surface area contributed by atoms with Crippen LogP contribution in [0.25, 0.3) is 0 Å². The maximum atomic E-state index is 13.3. The molecule has 1 aliphatic rings. The van der Waals surface area contributed by atoms with Crippen molar-refractivity contribution in [2.24, 2.45) is 5.92 Å². The minimum Gasteiger partial charge on any atom is -0.340 e. The first-order chi connectivity index (χ1) is 15.2. The smallest absolute Gasteiger partial charge is 0.255 e. The highest BCUT2D eigenvalue weighted by Gasteiger charge is 2.32. The molecular weight excluding hydrogens is 433 g/mol. The third kappa shape index (κ3) is 5.46. The van der Waals surface area contributed by atoms with Crippen LogP contribution in [0.15, 0.2) is 42.5 Å². The molecular formula is C24H27ClFN3O3. The first kappa shape index (κ1) is 23.7. The first-order valence-corrected chi connectivity index (χ1v) is 11.0. The van der Waals surface area contributed by atoms with Gasteiger partial charge in [-0.15, -0.1) is 0 Å². The summed E-state index contributed by atoms with van der Waals surface area (Å²) in [5.41, 5.74) is 1.78. The molecule has 0 saturated carbocycles. The zero-order chi connectivity index (χ0) is 23.4. The van der Waals surface area contributed by atoms with Gasteiger partial charge < -0.3 is 15.1 Å². The van der Waals surface area contributed by atoms with Crippen molar-refractivity contribution >= 4 is 29.3 Å². The van der Waals surface area contributed by atoms with Crippen molar-refractivity contribution in [3.63, 3.8) is 0 Å². The molecule has 2 aromatic rings. The van der Waals surface area contributed by atoms with E-state index >= 15 is 0 Å². The van der Waals surface area contributed by atoms with E-state index in [1.807, 2.05) is 32.9 Å². The summed E-state index contributed by atoms with van der Waals surface area (Å²) >= 11 is 6.01. The van der Waals surface area contributed by atoms with Gasteiger partial charge >= 0.3 is 0 Å². The van der Waals surface area contributed by atoms with E-state index in [0.29, 0.717) is 31.7 Å². The van der Waals surface area contributed by atoms with Crippen LogP contribution < -0.4 is 5.32 Å². The number of halogens is 2. The number of rotatable bonds is 5. The van der Waals surface area contributed by atoms with Gasteiger partial charge in [0.25, 0.3) is 11.8 Å². The number of carbonyl (C=O) groups excluding carboxylic acids is 3. The number of piperazine rings is 1. The second kappa shape index (κ2) is 10.1. The third-order valence-corrected chi connectivity index (χ3v) is 5.89. The molecule has 1 unspecified atom stereocenters. The van der Waals surface area contributed by atoms with Crippen LogP contribution in [0, 0.1) is 18.7 Å². The summed E-state index contributed by atoms with van der Waals surface area (Å²) in [6, 6.07) is 10.2. The molecule has 0 bridgehead atoms. The Labute approximate surface area is 192 Å². The van der Waals surface area contributed by atoms with Gasteiger partial charge in [0.15, 0.2) is 0 Å². The van der Waals surface area contributed by atoms with E-state index in [9.17, 15) is 18.8 Å². The Morgan fingerprint density at radius 1 is 0.969 bits per heavy atom. The summed E-state index contributed by atoms with van der Waals surface area (Å²) in [6.45, 7) is 7.04. The van der Waals surface area contributed by atoms with E-state index in [1.54, 1.807) is 21.9 Å². The zero-order valence-corrected chi connectivity index (χ0v) is 19.2. The molecule has 1 N–H and O–H groups in total. The van der Waals surface area contributed by atoms with Gasteiger partial charge in [0.1, 0.15) is 11.9 Å². The maximum Gasteiger partial charge on any atom is 0.255 e. The highest BCUT2D eigenvalue weighted by Crippen LogP contribution is 2.20. The molecule has 32 heavy (non-hydrogen) atoms. The first-order valence-electron chi connectivity index (χ1n) is 10.6. The molecule has 2 aromatic carbocycles. The van der Waals surface area contributed by atoms with Crippen LogP contribution in [0.3, 0.4) is 0 Å². The fourth-order valence-electron chi connectivity index (χ4n) is 3.60. The minimum atomic E-state index is -0.669. The van der Waals surface area contributed by atoms with Crippen LogP contribution in [0.1, 0.15) is 40.1 Å². The van der Waals surface area contributed by atoms with Crippen molar-refractivity contribution in [2.45, 2.75) is 26.8 Å². The van der Waals surface area contributed by atoms with Crippen LogP contribution in [0.4, 0.5) is 4.39 Å². The van der Waals surface area contributed by atoms with E-state index in [4.69, 9.17) is 11.6 Å². The molecule has 6 nitrogen and oxygen atoms in total. The van der Waals surface area contributed by atoms with Crippen molar-refractivity contribution in [2.75, 3.05) is 26.2 Å². The largest absolute Gasteiger partial charge is 0.340 e. The zero-order valence-electron chi connectivity index (χ0n) is 18.4. The predicted molar refractivity (Wildman–Crippen MR) is 121 cm³/mol. The van der Waals surface area contributed by atoms with Crippen LogP contribution in [0.2, 0.25) is 5.02 Å². The monoisotopic (exact) mass is 459 g/mol. The normalized spacial score (nSPS) is 14.9. The lowest BCUT2D eigenvalue weighted by atomic mass is 10.0. The van der Waals surface area contributed by atoms with Gasteiger partial charge in [-0.05, 0) is 43.2 Å². The summed E-state index contributed by atoms with van der Waals surface area (Å²) in [7, 11) is 0. The summed E-state index contributed by atoms with van der Waals surface area (Å²) < 4.78 is 13.3. The van der Waals surface area contributed by atoms with Gasteiger partial charge in [-0.25, -0.2) is 4.39 Å². The molecule has 3 amide bonds. The molecule has 0 aromatic heterocycles. The Bertz CT molecular complexity index is 1000. The topological polar surface area (TPSA) is 69.7 Å². The Morgan fingerprint density at radius 2 is 1.56 bits per heavy atom. The van der Waals surface area contributed by atoms with Crippen molar-refractivity contribution in [3.05, 3.63) is 70.0 Å². The minimum absolute atomic E-state index is 0.0622. The van der Waals surface area contributed by atoms with E-state index in [0.717, 1.165) is 11.6 Å². The predicted octanol–water partition coefficient (Wildman–Crippen LogP) is 3.53. The quantitative estimate of drug-likeness (QED) is 0.743. The second-order valence-electron chi connectivity index (χ2n) is 8.30. The van der Waals surface area contributed by atoms with E-state index in [2.05, 4.69) is 5.32 Å². The SMILES string of the molecule is Cc1ccc(C(=O)NC(C(=O)N2CCN(C(=O)c3ccc(F)cc3Cl)CC2)C(C)C)cc1. The Kier molecular flexibility index (Phi) is 7.51. The van der Waals surface area contributed by atoms with Crippen LogP contribution in [-0.2, 0) is 4.79 Å². The number of amides is 3. The van der Waals surface area contributed by atoms with Gasteiger partial charge in [0.05, 0.1) is 10.6 Å². The van der Waals surface area contributed by atoms with Crippen molar-refractivity contribution in [1.82, 2.24) is 15.1 Å². The number of benzene rings is 2. The van der Waals surface area contributed by atoms with Crippen molar-refractivity contribution in [1.29, 1.82) is 0 Å². The molecule has 8 heteroatoms. The summed E-state index contributed by atoms with van der Waals surface area (Å²) in [5.74, 6) is -1.37. The lowest BCUT2D eigenvalue weighted by Gasteiger charge is -2.37. The standard InChI is InChI=1S/C24H27ClFN3O3/c1-15(2)21(27-22(30)17-6-4-16(3)5-7-17)24(32)29-12-10-28(11-13-29)23(31)19-9-8-18(26)14-20(19)25/h4-9,14-15,21H,10-13H2,1-3H3,(H,27,30). The third-order valence-electron chi connectivity index (χ3n) is 5.57. The second-order valence-corrected chi connectivity index (χ2v) is 8.71. The number of hydrogen-bond donors (Lipinski definition) is 1. The van der Waals surface area contributed by atoms with Crippen LogP contribution in [0.5, 0.6) is 0 Å². The molecule has 3 rings (SSSR count). The lowest BCUT2D eigenvalue weighted by Crippen LogP contribution is -2.57. The Morgan fingerprint density at radius 3 is 2.12 bits per heavy atom. The van der Waals surface area contributed by atoms with Crippen LogP contribution >= 0.6 is 11.6 Å². The average molecular weight is 460 g/mol. The lowest BCUT2D eigenvalue weighted by molar-refractivity contribution is -0.135. The van der Waals surface area contributed by atoms with Crippen molar-refractivity contribution < 1.29 is 18.8 Å². The molecule has 1 heterocycles. The van der Waals surface area contributed by atoms with E-state index in [1.165, 1.54) is 12.1 Å². The van der Waals surface area contributed by atoms with E-state index in [-0.39, 0.29) is 34.2 Å². The van der Waals surface area contributed by atoms with Crippen LogP contribution in [-0.4, -0.2) is 59.7 Å². The van der Waals surface area contributed by atoms with Gasteiger partial charge in [-0.2, -0.15) is 0 Å². The fourth-order valence-corrected chi connectivity index (χ4v) is 3.85. The Balaban J connectivity index is 1.62. The van der Waals surface area contributed by atoms with Gasteiger partial charge in [-0.3, -0.25) is 14.4 Å². The number of nitrogens with zero attached hydrogens (tertiary/aromatic N) is 2. The number of carbonyl (C=O) groups is 3. The molecule has 1 saturated heterocycles. The number of nitrogens with one attached hydrogen (secondary N) is 1. The molecule has 170 valence electrons. The molecule has 0 spiro atoms. The average Bonchev–Trinajstić information content (AvgIpc) is 2.77. The fraction of sp³-hybridized carbons (Fsp3) is 0.375. The molecule has 1 aliphatic heterocycles. The number of hydrogen-bond acceptors (Lipinski definition) is 3. The highest BCUT2D eigenvalue weighted by atomic mass is 35.5. The highest BCUT2D eigenvalue weighted by molar-refractivity contribution is 6.33.